The summed E-state index contributed by atoms with van der Waals surface area (Å²) in [6, 6.07) is -0.524. The van der Waals surface area contributed by atoms with E-state index in [0.717, 1.165) is 25.7 Å². The zero-order chi connectivity index (χ0) is 25.1. The van der Waals surface area contributed by atoms with Gasteiger partial charge in [-0.2, -0.15) is 0 Å². The lowest BCUT2D eigenvalue weighted by molar-refractivity contribution is -0.123. The first-order valence-corrected chi connectivity index (χ1v) is 15.2. The molecule has 0 fully saturated rings. The molecule has 0 aromatic carbocycles. The topological polar surface area (TPSA) is 69.6 Å². The highest BCUT2D eigenvalue weighted by Crippen LogP contribution is 2.14. The lowest BCUT2D eigenvalue weighted by Gasteiger charge is -2.22. The summed E-state index contributed by atoms with van der Waals surface area (Å²) in [6.45, 7) is 4.27. The molecule has 1 amide bonds. The molecule has 0 aliphatic heterocycles. The molecular formula is C30H61NO3. The molecule has 204 valence electrons. The van der Waals surface area contributed by atoms with E-state index < -0.39 is 12.1 Å². The predicted molar refractivity (Wildman–Crippen MR) is 147 cm³/mol. The molecule has 34 heavy (non-hydrogen) atoms. The van der Waals surface area contributed by atoms with Crippen molar-refractivity contribution in [2.75, 3.05) is 6.61 Å². The second kappa shape index (κ2) is 27.0. The standard InChI is InChI=1S/C30H61NO3/c1-3-5-7-9-10-11-12-13-14-15-16-17-18-19-20-22-24-26-30(34)31-28(27-32)29(33)25-23-21-8-6-4-2/h28-29,32-33H,3-27H2,1-2H3,(H,31,34). The average Bonchev–Trinajstić information content (AvgIpc) is 2.84. The van der Waals surface area contributed by atoms with Gasteiger partial charge in [0.25, 0.3) is 0 Å². The second-order valence-electron chi connectivity index (χ2n) is 10.5. The number of hydrogen-bond acceptors (Lipinski definition) is 3. The monoisotopic (exact) mass is 483 g/mol. The molecule has 0 saturated heterocycles. The Bertz CT molecular complexity index is 416. The minimum absolute atomic E-state index is 0.0370. The molecule has 0 aliphatic carbocycles. The Morgan fingerprint density at radius 1 is 0.588 bits per heavy atom. The maximum atomic E-state index is 12.2. The van der Waals surface area contributed by atoms with Crippen molar-refractivity contribution < 1.29 is 15.0 Å². The molecule has 0 radical (unpaired) electrons. The zero-order valence-corrected chi connectivity index (χ0v) is 23.1. The molecule has 0 aromatic rings. The first-order valence-electron chi connectivity index (χ1n) is 15.2. The summed E-state index contributed by atoms with van der Waals surface area (Å²) in [7, 11) is 0. The van der Waals surface area contributed by atoms with Gasteiger partial charge in [0.15, 0.2) is 0 Å². The van der Waals surface area contributed by atoms with Gasteiger partial charge in [0.05, 0.1) is 18.8 Å². The minimum Gasteiger partial charge on any atom is -0.394 e. The van der Waals surface area contributed by atoms with Gasteiger partial charge in [-0.25, -0.2) is 0 Å². The summed E-state index contributed by atoms with van der Waals surface area (Å²) in [5.41, 5.74) is 0. The van der Waals surface area contributed by atoms with Crippen molar-refractivity contribution in [3.63, 3.8) is 0 Å². The third-order valence-corrected chi connectivity index (χ3v) is 7.12. The molecule has 4 heteroatoms. The maximum Gasteiger partial charge on any atom is 0.220 e. The molecule has 2 unspecified atom stereocenters. The van der Waals surface area contributed by atoms with Gasteiger partial charge in [0.2, 0.25) is 5.91 Å². The number of carbonyl (C=O) groups is 1. The number of nitrogens with one attached hydrogen (secondary N) is 1. The van der Waals surface area contributed by atoms with E-state index in [1.807, 2.05) is 0 Å². The fraction of sp³-hybridized carbons (Fsp3) is 0.967. The van der Waals surface area contributed by atoms with Gasteiger partial charge >= 0.3 is 0 Å². The smallest absolute Gasteiger partial charge is 0.220 e. The van der Waals surface area contributed by atoms with Gasteiger partial charge in [0, 0.05) is 6.42 Å². The quantitative estimate of drug-likeness (QED) is 0.103. The molecule has 4 nitrogen and oxygen atoms in total. The van der Waals surface area contributed by atoms with Crippen LogP contribution in [-0.2, 0) is 4.79 Å². The Labute approximate surface area is 213 Å². The van der Waals surface area contributed by atoms with Gasteiger partial charge in [-0.15, -0.1) is 0 Å². The van der Waals surface area contributed by atoms with Crippen LogP contribution in [0.25, 0.3) is 0 Å². The third-order valence-electron chi connectivity index (χ3n) is 7.12. The summed E-state index contributed by atoms with van der Waals surface area (Å²) in [4.78, 5) is 12.2. The van der Waals surface area contributed by atoms with E-state index in [9.17, 15) is 15.0 Å². The summed E-state index contributed by atoms with van der Waals surface area (Å²) in [5, 5.41) is 22.6. The van der Waals surface area contributed by atoms with Crippen molar-refractivity contribution in [1.29, 1.82) is 0 Å². The van der Waals surface area contributed by atoms with E-state index in [2.05, 4.69) is 19.2 Å². The molecule has 0 aromatic heterocycles. The molecular weight excluding hydrogens is 422 g/mol. The molecule has 0 spiro atoms. The Kier molecular flexibility index (Phi) is 26.5. The molecule has 2 atom stereocenters. The molecule has 0 saturated carbocycles. The highest BCUT2D eigenvalue weighted by molar-refractivity contribution is 5.76. The number of rotatable bonds is 27. The largest absolute Gasteiger partial charge is 0.394 e. The van der Waals surface area contributed by atoms with Crippen LogP contribution in [0.1, 0.15) is 168 Å². The van der Waals surface area contributed by atoms with Crippen LogP contribution >= 0.6 is 0 Å². The molecule has 0 bridgehead atoms. The Morgan fingerprint density at radius 2 is 0.941 bits per heavy atom. The van der Waals surface area contributed by atoms with Crippen molar-refractivity contribution in [1.82, 2.24) is 5.32 Å². The van der Waals surface area contributed by atoms with Gasteiger partial charge in [-0.3, -0.25) is 4.79 Å². The van der Waals surface area contributed by atoms with Gasteiger partial charge in [-0.05, 0) is 12.8 Å². The van der Waals surface area contributed by atoms with Crippen molar-refractivity contribution in [3.05, 3.63) is 0 Å². The van der Waals surface area contributed by atoms with E-state index in [1.165, 1.54) is 116 Å². The van der Waals surface area contributed by atoms with E-state index in [0.29, 0.717) is 12.8 Å². The van der Waals surface area contributed by atoms with E-state index in [4.69, 9.17) is 0 Å². The van der Waals surface area contributed by atoms with Crippen molar-refractivity contribution in [3.8, 4) is 0 Å². The maximum absolute atomic E-state index is 12.2. The van der Waals surface area contributed by atoms with E-state index >= 15 is 0 Å². The minimum atomic E-state index is -0.647. The number of aliphatic hydroxyl groups is 2. The van der Waals surface area contributed by atoms with Crippen LogP contribution in [0.4, 0.5) is 0 Å². The van der Waals surface area contributed by atoms with Crippen LogP contribution in [0.15, 0.2) is 0 Å². The van der Waals surface area contributed by atoms with Crippen molar-refractivity contribution in [2.45, 2.75) is 180 Å². The SMILES string of the molecule is CCCCCCCCCCCCCCCCCCCC(=O)NC(CO)C(O)CCCCCCC. The predicted octanol–water partition coefficient (Wildman–Crippen LogP) is 8.23. The van der Waals surface area contributed by atoms with Crippen LogP contribution in [-0.4, -0.2) is 34.9 Å². The third kappa shape index (κ3) is 23.1. The average molecular weight is 484 g/mol. The fourth-order valence-corrected chi connectivity index (χ4v) is 4.71. The van der Waals surface area contributed by atoms with Crippen LogP contribution < -0.4 is 5.32 Å². The Morgan fingerprint density at radius 3 is 1.32 bits per heavy atom. The molecule has 0 rings (SSSR count). The molecule has 0 aliphatic rings. The highest BCUT2D eigenvalue weighted by atomic mass is 16.3. The number of unbranched alkanes of at least 4 members (excludes halogenated alkanes) is 20. The van der Waals surface area contributed by atoms with Crippen LogP contribution in [0.3, 0.4) is 0 Å². The van der Waals surface area contributed by atoms with Crippen LogP contribution in [0.5, 0.6) is 0 Å². The summed E-state index contributed by atoms with van der Waals surface area (Å²) >= 11 is 0. The fourth-order valence-electron chi connectivity index (χ4n) is 4.71. The van der Waals surface area contributed by atoms with Gasteiger partial charge in [0.1, 0.15) is 0 Å². The normalized spacial score (nSPS) is 13.2. The lowest BCUT2D eigenvalue weighted by atomic mass is 10.0. The summed E-state index contributed by atoms with van der Waals surface area (Å²) in [5.74, 6) is -0.0370. The first kappa shape index (κ1) is 33.4. The lowest BCUT2D eigenvalue weighted by Crippen LogP contribution is -2.45. The zero-order valence-electron chi connectivity index (χ0n) is 23.1. The van der Waals surface area contributed by atoms with Crippen LogP contribution in [0, 0.1) is 0 Å². The number of amides is 1. The van der Waals surface area contributed by atoms with Gasteiger partial charge in [-0.1, -0.05) is 149 Å². The van der Waals surface area contributed by atoms with Crippen LogP contribution in [0.2, 0.25) is 0 Å². The first-order chi connectivity index (χ1) is 16.7. The summed E-state index contributed by atoms with van der Waals surface area (Å²) < 4.78 is 0. The molecule has 3 N–H and O–H groups in total. The number of aliphatic hydroxyl groups excluding tert-OH is 2. The van der Waals surface area contributed by atoms with Crippen molar-refractivity contribution in [2.24, 2.45) is 0 Å². The Balaban J connectivity index is 3.46. The number of hydrogen-bond donors (Lipinski definition) is 3. The Hall–Kier alpha value is -0.610. The van der Waals surface area contributed by atoms with Gasteiger partial charge < -0.3 is 15.5 Å². The number of carbonyl (C=O) groups excluding carboxylic acids is 1. The van der Waals surface area contributed by atoms with Crippen molar-refractivity contribution >= 4 is 5.91 Å². The van der Waals surface area contributed by atoms with E-state index in [1.54, 1.807) is 0 Å². The molecule has 0 heterocycles. The summed E-state index contributed by atoms with van der Waals surface area (Å²) in [6.07, 6.45) is 28.8. The van der Waals surface area contributed by atoms with E-state index in [-0.39, 0.29) is 12.5 Å². The highest BCUT2D eigenvalue weighted by Gasteiger charge is 2.19. The second-order valence-corrected chi connectivity index (χ2v) is 10.5.